The van der Waals surface area contributed by atoms with Crippen LogP contribution in [0.25, 0.3) is 0 Å². The molecule has 1 aromatic carbocycles. The fourth-order valence-electron chi connectivity index (χ4n) is 1.59. The van der Waals surface area contributed by atoms with Gasteiger partial charge in [0.15, 0.2) is 0 Å². The van der Waals surface area contributed by atoms with Gasteiger partial charge in [-0.1, -0.05) is 25.8 Å². The molecule has 1 rings (SSSR count). The van der Waals surface area contributed by atoms with Crippen molar-refractivity contribution in [1.82, 2.24) is 5.32 Å². The van der Waals surface area contributed by atoms with E-state index in [9.17, 15) is 9.59 Å². The number of carboxylic acids is 1. The Hall–Kier alpha value is -1.08. The summed E-state index contributed by atoms with van der Waals surface area (Å²) in [6.07, 6.45) is 2.04. The number of carboxylic acid groups (broad SMARTS) is 1. The van der Waals surface area contributed by atoms with Gasteiger partial charge in [0.1, 0.15) is 6.04 Å². The zero-order valence-electron chi connectivity index (χ0n) is 11.0. The molecule has 0 aliphatic heterocycles. The maximum Gasteiger partial charge on any atom is 0.326 e. The molecule has 0 aromatic heterocycles. The highest BCUT2D eigenvalue weighted by Gasteiger charge is 2.19. The van der Waals surface area contributed by atoms with Crippen LogP contribution in [0.15, 0.2) is 27.1 Å². The van der Waals surface area contributed by atoms with Gasteiger partial charge < -0.3 is 15.7 Å². The predicted octanol–water partition coefficient (Wildman–Crippen LogP) is 3.98. The number of carbonyl (C=O) groups is 2. The van der Waals surface area contributed by atoms with Crippen molar-refractivity contribution in [3.8, 4) is 0 Å². The Bertz CT molecular complexity index is 474. The molecular weight excluding hydrogens is 392 g/mol. The van der Waals surface area contributed by atoms with Crippen LogP contribution in [0.3, 0.4) is 0 Å². The number of hydrogen-bond donors (Lipinski definition) is 3. The third kappa shape index (κ3) is 5.13. The van der Waals surface area contributed by atoms with Gasteiger partial charge in [-0.05, 0) is 50.4 Å². The summed E-state index contributed by atoms with van der Waals surface area (Å²) in [4.78, 5) is 22.9. The molecular formula is C13H16Br2N2O3. The van der Waals surface area contributed by atoms with Crippen LogP contribution in [0.4, 0.5) is 10.5 Å². The lowest BCUT2D eigenvalue weighted by molar-refractivity contribution is -0.139. The van der Waals surface area contributed by atoms with E-state index in [0.29, 0.717) is 21.1 Å². The number of unbranched alkanes of at least 4 members (excludes halogenated alkanes) is 1. The monoisotopic (exact) mass is 406 g/mol. The third-order valence-corrected chi connectivity index (χ3v) is 3.97. The Morgan fingerprint density at radius 2 is 1.90 bits per heavy atom. The summed E-state index contributed by atoms with van der Waals surface area (Å²) in [7, 11) is 0. The number of nitrogens with one attached hydrogen (secondary N) is 2. The largest absolute Gasteiger partial charge is 0.480 e. The molecule has 2 amide bonds. The van der Waals surface area contributed by atoms with E-state index >= 15 is 0 Å². The van der Waals surface area contributed by atoms with Crippen molar-refractivity contribution in [3.05, 3.63) is 27.1 Å². The van der Waals surface area contributed by atoms with Crippen molar-refractivity contribution in [2.75, 3.05) is 5.32 Å². The molecule has 0 aliphatic rings. The SMILES string of the molecule is CCCCC(NC(=O)Nc1c(Br)cccc1Br)C(=O)O. The highest BCUT2D eigenvalue weighted by Crippen LogP contribution is 2.30. The molecule has 0 spiro atoms. The van der Waals surface area contributed by atoms with Crippen LogP contribution in [0.1, 0.15) is 26.2 Å². The van der Waals surface area contributed by atoms with Gasteiger partial charge in [0, 0.05) is 8.95 Å². The first-order valence-corrected chi connectivity index (χ1v) is 7.78. The second kappa shape index (κ2) is 8.26. The smallest absolute Gasteiger partial charge is 0.326 e. The molecule has 0 heterocycles. The zero-order chi connectivity index (χ0) is 15.1. The second-order valence-corrected chi connectivity index (χ2v) is 5.94. The Balaban J connectivity index is 2.68. The quantitative estimate of drug-likeness (QED) is 0.667. The molecule has 0 saturated carbocycles. The van der Waals surface area contributed by atoms with Crippen LogP contribution in [0.5, 0.6) is 0 Å². The summed E-state index contributed by atoms with van der Waals surface area (Å²) < 4.78 is 1.42. The summed E-state index contributed by atoms with van der Waals surface area (Å²) in [5.41, 5.74) is 0.560. The van der Waals surface area contributed by atoms with E-state index in [0.717, 1.165) is 12.8 Å². The minimum atomic E-state index is -1.03. The van der Waals surface area contributed by atoms with Crippen molar-refractivity contribution in [2.24, 2.45) is 0 Å². The first-order valence-electron chi connectivity index (χ1n) is 6.20. The van der Waals surface area contributed by atoms with E-state index in [2.05, 4.69) is 42.5 Å². The lowest BCUT2D eigenvalue weighted by atomic mass is 10.1. The van der Waals surface area contributed by atoms with Gasteiger partial charge in [-0.15, -0.1) is 0 Å². The Morgan fingerprint density at radius 3 is 2.40 bits per heavy atom. The van der Waals surface area contributed by atoms with Crippen molar-refractivity contribution in [3.63, 3.8) is 0 Å². The van der Waals surface area contributed by atoms with Crippen LogP contribution < -0.4 is 10.6 Å². The molecule has 0 aliphatic carbocycles. The van der Waals surface area contributed by atoms with Gasteiger partial charge in [-0.2, -0.15) is 0 Å². The number of carbonyl (C=O) groups excluding carboxylic acids is 1. The molecule has 1 unspecified atom stereocenters. The summed E-state index contributed by atoms with van der Waals surface area (Å²) in [6.45, 7) is 1.97. The topological polar surface area (TPSA) is 78.4 Å². The third-order valence-electron chi connectivity index (χ3n) is 2.65. The lowest BCUT2D eigenvalue weighted by Crippen LogP contribution is -2.43. The number of benzene rings is 1. The van der Waals surface area contributed by atoms with Crippen LogP contribution in [-0.2, 0) is 4.79 Å². The van der Waals surface area contributed by atoms with Gasteiger partial charge in [0.05, 0.1) is 5.69 Å². The fourth-order valence-corrected chi connectivity index (χ4v) is 2.79. The van der Waals surface area contributed by atoms with E-state index in [1.807, 2.05) is 13.0 Å². The van der Waals surface area contributed by atoms with Gasteiger partial charge in [0.2, 0.25) is 0 Å². The van der Waals surface area contributed by atoms with Gasteiger partial charge in [-0.3, -0.25) is 0 Å². The highest BCUT2D eigenvalue weighted by atomic mass is 79.9. The molecule has 7 heteroatoms. The number of halogens is 2. The molecule has 20 heavy (non-hydrogen) atoms. The van der Waals surface area contributed by atoms with Crippen LogP contribution in [0, 0.1) is 0 Å². The van der Waals surface area contributed by atoms with E-state index in [1.165, 1.54) is 0 Å². The summed E-state index contributed by atoms with van der Waals surface area (Å²) in [5.74, 6) is -1.03. The average Bonchev–Trinajstić information content (AvgIpc) is 2.38. The molecule has 3 N–H and O–H groups in total. The first kappa shape index (κ1) is 17.0. The van der Waals surface area contributed by atoms with Crippen LogP contribution in [0.2, 0.25) is 0 Å². The zero-order valence-corrected chi connectivity index (χ0v) is 14.1. The van der Waals surface area contributed by atoms with Gasteiger partial charge in [-0.25, -0.2) is 9.59 Å². The normalized spacial score (nSPS) is 11.8. The highest BCUT2D eigenvalue weighted by molar-refractivity contribution is 9.11. The Kier molecular flexibility index (Phi) is 7.01. The number of amides is 2. The first-order chi connectivity index (χ1) is 9.45. The Morgan fingerprint density at radius 1 is 1.30 bits per heavy atom. The molecule has 1 aromatic rings. The molecule has 0 bridgehead atoms. The minimum absolute atomic E-state index is 0.413. The molecule has 1 atom stereocenters. The second-order valence-electron chi connectivity index (χ2n) is 4.23. The molecule has 5 nitrogen and oxygen atoms in total. The van der Waals surface area contributed by atoms with E-state index in [4.69, 9.17) is 5.11 Å². The van der Waals surface area contributed by atoms with Crippen LogP contribution in [-0.4, -0.2) is 23.1 Å². The summed E-state index contributed by atoms with van der Waals surface area (Å²) >= 11 is 6.65. The van der Waals surface area contributed by atoms with Crippen molar-refractivity contribution in [1.29, 1.82) is 0 Å². The molecule has 0 saturated heterocycles. The van der Waals surface area contributed by atoms with Gasteiger partial charge in [0.25, 0.3) is 0 Å². The maximum absolute atomic E-state index is 11.9. The Labute approximate surface area is 134 Å². The van der Waals surface area contributed by atoms with E-state index < -0.39 is 18.0 Å². The van der Waals surface area contributed by atoms with E-state index in [-0.39, 0.29) is 0 Å². The molecule has 0 fully saturated rings. The summed E-state index contributed by atoms with van der Waals surface area (Å²) in [5, 5.41) is 14.2. The van der Waals surface area contributed by atoms with Crippen molar-refractivity contribution in [2.45, 2.75) is 32.2 Å². The number of anilines is 1. The number of aliphatic carboxylic acids is 1. The van der Waals surface area contributed by atoms with Crippen LogP contribution >= 0.6 is 31.9 Å². The van der Waals surface area contributed by atoms with Gasteiger partial charge >= 0.3 is 12.0 Å². The average molecular weight is 408 g/mol. The standard InChI is InChI=1S/C13H16Br2N2O3/c1-2-3-7-10(12(18)19)16-13(20)17-11-8(14)5-4-6-9(11)15/h4-6,10H,2-3,7H2,1H3,(H,18,19)(H2,16,17,20). The number of hydrogen-bond acceptors (Lipinski definition) is 2. The molecule has 110 valence electrons. The van der Waals surface area contributed by atoms with Crippen molar-refractivity contribution >= 4 is 49.5 Å². The molecule has 0 radical (unpaired) electrons. The minimum Gasteiger partial charge on any atom is -0.480 e. The summed E-state index contributed by atoms with van der Waals surface area (Å²) in [6, 6.07) is 3.97. The maximum atomic E-state index is 11.9. The van der Waals surface area contributed by atoms with E-state index in [1.54, 1.807) is 12.1 Å². The number of rotatable bonds is 6. The lowest BCUT2D eigenvalue weighted by Gasteiger charge is -2.16. The van der Waals surface area contributed by atoms with Crippen molar-refractivity contribution < 1.29 is 14.7 Å². The fraction of sp³-hybridized carbons (Fsp3) is 0.385. The number of urea groups is 1. The number of para-hydroxylation sites is 1. The predicted molar refractivity (Wildman–Crippen MR) is 84.9 cm³/mol.